The minimum atomic E-state index is -1.83. The van der Waals surface area contributed by atoms with Crippen LogP contribution in [0.4, 0.5) is 0 Å². The van der Waals surface area contributed by atoms with Crippen LogP contribution in [0.2, 0.25) is 0 Å². The van der Waals surface area contributed by atoms with Crippen LogP contribution >= 0.6 is 0 Å². The number of ether oxygens (including phenoxy) is 1. The lowest BCUT2D eigenvalue weighted by atomic mass is 9.70. The van der Waals surface area contributed by atoms with E-state index in [1.165, 1.54) is 21.0 Å². The number of rotatable bonds is 5. The van der Waals surface area contributed by atoms with Gasteiger partial charge in [-0.3, -0.25) is 9.59 Å². The van der Waals surface area contributed by atoms with Gasteiger partial charge in [0.25, 0.3) is 0 Å². The van der Waals surface area contributed by atoms with Crippen LogP contribution in [-0.2, 0) is 20.7 Å². The topological polar surface area (TPSA) is 128 Å². The van der Waals surface area contributed by atoms with Crippen molar-refractivity contribution in [3.8, 4) is 0 Å². The highest BCUT2D eigenvalue weighted by Crippen LogP contribution is 2.37. The monoisotopic (exact) mass is 366 g/mol. The summed E-state index contributed by atoms with van der Waals surface area (Å²) in [6, 6.07) is 8.86. The van der Waals surface area contributed by atoms with Gasteiger partial charge in [-0.25, -0.2) is 0 Å². The molecule has 8 heteroatoms. The molecule has 0 aromatic heterocycles. The lowest BCUT2D eigenvalue weighted by Gasteiger charge is -2.47. The third-order valence-electron chi connectivity index (χ3n) is 4.93. The van der Waals surface area contributed by atoms with E-state index in [-0.39, 0.29) is 6.42 Å². The second-order valence-electron chi connectivity index (χ2n) is 6.53. The highest BCUT2D eigenvalue weighted by molar-refractivity contribution is 6.06. The Kier molecular flexibility index (Phi) is 6.35. The van der Waals surface area contributed by atoms with Gasteiger partial charge in [-0.2, -0.15) is 0 Å². The first-order valence-corrected chi connectivity index (χ1v) is 8.47. The summed E-state index contributed by atoms with van der Waals surface area (Å²) in [6.45, 7) is 1.51. The van der Waals surface area contributed by atoms with Crippen molar-refractivity contribution >= 4 is 11.8 Å². The van der Waals surface area contributed by atoms with Crippen LogP contribution in [0.5, 0.6) is 0 Å². The molecule has 26 heavy (non-hydrogen) atoms. The molecule has 8 nitrogen and oxygen atoms in total. The van der Waals surface area contributed by atoms with Gasteiger partial charge in [0.1, 0.15) is 24.4 Å². The lowest BCUT2D eigenvalue weighted by molar-refractivity contribution is -0.242. The second kappa shape index (κ2) is 8.13. The molecule has 1 aromatic rings. The summed E-state index contributed by atoms with van der Waals surface area (Å²) in [5.74, 6) is -1.30. The predicted octanol–water partition coefficient (Wildman–Crippen LogP) is -1.42. The minimum absolute atomic E-state index is 0.0511. The number of carbonyl (C=O) groups is 2. The van der Waals surface area contributed by atoms with E-state index in [1.807, 2.05) is 0 Å². The standard InChI is InChI=1S/C18H26N2O6/c1-10-12(21)13(22)14(23)15(26-10)18(16(24)19-2,17(25)20-3)9-11-7-5-4-6-8-11/h4-8,10,12-15,21-23H,9H2,1-3H3,(H,19,24)(H,20,25). The van der Waals surface area contributed by atoms with Gasteiger partial charge in [0, 0.05) is 14.1 Å². The molecule has 1 saturated heterocycles. The van der Waals surface area contributed by atoms with Gasteiger partial charge in [-0.05, 0) is 18.9 Å². The van der Waals surface area contributed by atoms with E-state index in [0.29, 0.717) is 5.56 Å². The van der Waals surface area contributed by atoms with E-state index >= 15 is 0 Å². The van der Waals surface area contributed by atoms with Crippen LogP contribution in [0, 0.1) is 5.41 Å². The molecule has 5 N–H and O–H groups in total. The first-order chi connectivity index (χ1) is 12.3. The fraction of sp³-hybridized carbons (Fsp3) is 0.556. The first-order valence-electron chi connectivity index (χ1n) is 8.47. The molecule has 2 amide bonds. The molecule has 0 bridgehead atoms. The molecule has 0 aliphatic carbocycles. The Morgan fingerprint density at radius 2 is 1.54 bits per heavy atom. The van der Waals surface area contributed by atoms with Gasteiger partial charge in [-0.1, -0.05) is 30.3 Å². The maximum Gasteiger partial charge on any atom is 0.238 e. The average molecular weight is 366 g/mol. The van der Waals surface area contributed by atoms with Crippen LogP contribution in [0.3, 0.4) is 0 Å². The van der Waals surface area contributed by atoms with E-state index in [1.54, 1.807) is 30.3 Å². The summed E-state index contributed by atoms with van der Waals surface area (Å²) in [4.78, 5) is 25.7. The molecule has 1 aliphatic heterocycles. The summed E-state index contributed by atoms with van der Waals surface area (Å²) >= 11 is 0. The smallest absolute Gasteiger partial charge is 0.238 e. The Balaban J connectivity index is 2.57. The van der Waals surface area contributed by atoms with Crippen LogP contribution in [-0.4, -0.2) is 71.7 Å². The largest absolute Gasteiger partial charge is 0.388 e. The molecule has 1 fully saturated rings. The second-order valence-corrected chi connectivity index (χ2v) is 6.53. The molecule has 0 spiro atoms. The molecule has 144 valence electrons. The Morgan fingerprint density at radius 3 is 2.04 bits per heavy atom. The van der Waals surface area contributed by atoms with Crippen LogP contribution in [0.25, 0.3) is 0 Å². The number of carbonyl (C=O) groups excluding carboxylic acids is 2. The van der Waals surface area contributed by atoms with Crippen molar-refractivity contribution in [3.63, 3.8) is 0 Å². The van der Waals surface area contributed by atoms with Crippen molar-refractivity contribution in [1.29, 1.82) is 0 Å². The van der Waals surface area contributed by atoms with Crippen molar-refractivity contribution < 1.29 is 29.6 Å². The molecule has 1 aliphatic rings. The molecular weight excluding hydrogens is 340 g/mol. The number of hydrogen-bond donors (Lipinski definition) is 5. The van der Waals surface area contributed by atoms with E-state index in [0.717, 1.165) is 0 Å². The zero-order valence-corrected chi connectivity index (χ0v) is 15.0. The fourth-order valence-electron chi connectivity index (χ4n) is 3.45. The molecule has 1 heterocycles. The summed E-state index contributed by atoms with van der Waals surface area (Å²) < 4.78 is 5.68. The number of nitrogens with one attached hydrogen (secondary N) is 2. The SMILES string of the molecule is CNC(=O)C(Cc1ccccc1)(C(=O)NC)C1OC(C)C(O)C(O)C1O. The van der Waals surface area contributed by atoms with E-state index < -0.39 is 47.7 Å². The van der Waals surface area contributed by atoms with Crippen LogP contribution in [0.15, 0.2) is 30.3 Å². The number of hydrogen-bond acceptors (Lipinski definition) is 6. The van der Waals surface area contributed by atoms with Crippen LogP contribution < -0.4 is 10.6 Å². The summed E-state index contributed by atoms with van der Waals surface area (Å²) in [5.41, 5.74) is -1.15. The summed E-state index contributed by atoms with van der Waals surface area (Å²) in [7, 11) is 2.77. The Labute approximate surface area is 152 Å². The predicted molar refractivity (Wildman–Crippen MR) is 93.1 cm³/mol. The molecule has 0 saturated carbocycles. The Hall–Kier alpha value is -2.00. The summed E-state index contributed by atoms with van der Waals surface area (Å²) in [5, 5.41) is 35.6. The Morgan fingerprint density at radius 1 is 1.00 bits per heavy atom. The molecule has 1 aromatic carbocycles. The van der Waals surface area contributed by atoms with Gasteiger partial charge in [0.2, 0.25) is 11.8 Å². The molecular formula is C18H26N2O6. The molecule has 2 rings (SSSR count). The third kappa shape index (κ3) is 3.45. The number of aliphatic hydroxyl groups excluding tert-OH is 3. The molecule has 5 atom stereocenters. The zero-order chi connectivity index (χ0) is 19.5. The van der Waals surface area contributed by atoms with E-state index in [2.05, 4.69) is 10.6 Å². The van der Waals surface area contributed by atoms with Gasteiger partial charge >= 0.3 is 0 Å². The van der Waals surface area contributed by atoms with E-state index in [4.69, 9.17) is 4.74 Å². The summed E-state index contributed by atoms with van der Waals surface area (Å²) in [6.07, 6.45) is -6.78. The van der Waals surface area contributed by atoms with Crippen LogP contribution in [0.1, 0.15) is 12.5 Å². The highest BCUT2D eigenvalue weighted by Gasteiger charge is 2.59. The van der Waals surface area contributed by atoms with Gasteiger partial charge in [-0.15, -0.1) is 0 Å². The lowest BCUT2D eigenvalue weighted by Crippen LogP contribution is -2.68. The molecule has 0 radical (unpaired) electrons. The van der Waals surface area contributed by atoms with Crippen molar-refractivity contribution in [1.82, 2.24) is 10.6 Å². The van der Waals surface area contributed by atoms with Crippen molar-refractivity contribution in [3.05, 3.63) is 35.9 Å². The van der Waals surface area contributed by atoms with Gasteiger partial charge in [0.05, 0.1) is 6.10 Å². The van der Waals surface area contributed by atoms with Crippen molar-refractivity contribution in [2.24, 2.45) is 5.41 Å². The van der Waals surface area contributed by atoms with Crippen molar-refractivity contribution in [2.45, 2.75) is 43.9 Å². The quantitative estimate of drug-likeness (QED) is 0.407. The molecule has 5 unspecified atom stereocenters. The van der Waals surface area contributed by atoms with E-state index in [9.17, 15) is 24.9 Å². The first kappa shape index (κ1) is 20.3. The van der Waals surface area contributed by atoms with Gasteiger partial charge in [0.15, 0.2) is 5.41 Å². The number of aliphatic hydroxyl groups is 3. The number of benzene rings is 1. The zero-order valence-electron chi connectivity index (χ0n) is 15.0. The average Bonchev–Trinajstić information content (AvgIpc) is 2.67. The Bertz CT molecular complexity index is 622. The highest BCUT2D eigenvalue weighted by atomic mass is 16.5. The maximum absolute atomic E-state index is 12.9. The number of amides is 2. The van der Waals surface area contributed by atoms with Crippen molar-refractivity contribution in [2.75, 3.05) is 14.1 Å². The maximum atomic E-state index is 12.9. The van der Waals surface area contributed by atoms with Gasteiger partial charge < -0.3 is 30.7 Å². The normalized spacial score (nSPS) is 29.1. The fourth-order valence-corrected chi connectivity index (χ4v) is 3.45. The third-order valence-corrected chi connectivity index (χ3v) is 4.93. The minimum Gasteiger partial charge on any atom is -0.388 e.